The lowest BCUT2D eigenvalue weighted by atomic mass is 10.2. The van der Waals surface area contributed by atoms with Gasteiger partial charge >= 0.3 is 0 Å². The highest BCUT2D eigenvalue weighted by atomic mass is 79.9. The van der Waals surface area contributed by atoms with Gasteiger partial charge in [0.15, 0.2) is 0 Å². The number of benzene rings is 1. The standard InChI is InChI=1S/C15H16BrNOS/c16-15-8-7-14(19-15)10-18-13-5-1-11(2-6-13)9-17-12-3-4-12/h1-2,5-8,12,17H,3-4,9-10H2. The average molecular weight is 338 g/mol. The second kappa shape index (κ2) is 6.07. The number of rotatable bonds is 6. The van der Waals surface area contributed by atoms with E-state index in [2.05, 4.69) is 45.5 Å². The van der Waals surface area contributed by atoms with Crippen LogP contribution in [-0.4, -0.2) is 6.04 Å². The predicted molar refractivity (Wildman–Crippen MR) is 82.7 cm³/mol. The van der Waals surface area contributed by atoms with Gasteiger partial charge in [0.2, 0.25) is 0 Å². The van der Waals surface area contributed by atoms with Crippen LogP contribution in [0.2, 0.25) is 0 Å². The van der Waals surface area contributed by atoms with Crippen molar-refractivity contribution in [2.45, 2.75) is 32.0 Å². The Morgan fingerprint density at radius 3 is 2.58 bits per heavy atom. The minimum absolute atomic E-state index is 0.635. The number of thiophene rings is 1. The van der Waals surface area contributed by atoms with Crippen LogP contribution in [0.3, 0.4) is 0 Å². The van der Waals surface area contributed by atoms with E-state index in [1.54, 1.807) is 11.3 Å². The largest absolute Gasteiger partial charge is 0.488 e. The maximum atomic E-state index is 5.77. The van der Waals surface area contributed by atoms with Gasteiger partial charge < -0.3 is 10.1 Å². The molecule has 0 atom stereocenters. The van der Waals surface area contributed by atoms with Gasteiger partial charge in [-0.3, -0.25) is 0 Å². The summed E-state index contributed by atoms with van der Waals surface area (Å²) >= 11 is 5.17. The number of ether oxygens (including phenoxy) is 1. The van der Waals surface area contributed by atoms with E-state index in [1.165, 1.54) is 23.3 Å². The van der Waals surface area contributed by atoms with Crippen molar-refractivity contribution in [3.05, 3.63) is 50.6 Å². The van der Waals surface area contributed by atoms with E-state index in [-0.39, 0.29) is 0 Å². The maximum absolute atomic E-state index is 5.77. The molecule has 2 nitrogen and oxygen atoms in total. The molecule has 4 heteroatoms. The van der Waals surface area contributed by atoms with E-state index in [0.717, 1.165) is 22.1 Å². The first-order valence-corrected chi connectivity index (χ1v) is 8.10. The molecule has 0 unspecified atom stereocenters. The fourth-order valence-electron chi connectivity index (χ4n) is 1.84. The molecule has 100 valence electrons. The summed E-state index contributed by atoms with van der Waals surface area (Å²) in [7, 11) is 0. The van der Waals surface area contributed by atoms with Crippen LogP contribution < -0.4 is 10.1 Å². The van der Waals surface area contributed by atoms with E-state index in [1.807, 2.05) is 12.1 Å². The summed E-state index contributed by atoms with van der Waals surface area (Å²) in [4.78, 5) is 1.23. The summed E-state index contributed by atoms with van der Waals surface area (Å²) in [5.74, 6) is 0.930. The van der Waals surface area contributed by atoms with Crippen molar-refractivity contribution in [2.24, 2.45) is 0 Å². The number of halogens is 1. The number of hydrogen-bond donors (Lipinski definition) is 1. The Morgan fingerprint density at radius 2 is 1.95 bits per heavy atom. The fraction of sp³-hybridized carbons (Fsp3) is 0.333. The quantitative estimate of drug-likeness (QED) is 0.846. The smallest absolute Gasteiger partial charge is 0.122 e. The molecule has 3 rings (SSSR count). The highest BCUT2D eigenvalue weighted by Gasteiger charge is 2.19. The summed E-state index contributed by atoms with van der Waals surface area (Å²) in [5.41, 5.74) is 1.32. The monoisotopic (exact) mass is 337 g/mol. The zero-order chi connectivity index (χ0) is 13.1. The molecule has 0 amide bonds. The summed E-state index contributed by atoms with van der Waals surface area (Å²) in [5, 5.41) is 3.51. The molecule has 0 bridgehead atoms. The summed E-state index contributed by atoms with van der Waals surface area (Å²) < 4.78 is 6.91. The Bertz CT molecular complexity index is 533. The van der Waals surface area contributed by atoms with Gasteiger partial charge in [-0.1, -0.05) is 12.1 Å². The normalized spacial score (nSPS) is 14.6. The van der Waals surface area contributed by atoms with Crippen LogP contribution >= 0.6 is 27.3 Å². The van der Waals surface area contributed by atoms with Gasteiger partial charge in [0, 0.05) is 17.5 Å². The molecular formula is C15H16BrNOS. The van der Waals surface area contributed by atoms with E-state index in [0.29, 0.717) is 6.61 Å². The van der Waals surface area contributed by atoms with Crippen molar-refractivity contribution in [1.82, 2.24) is 5.32 Å². The maximum Gasteiger partial charge on any atom is 0.122 e. The van der Waals surface area contributed by atoms with Gasteiger partial charge in [-0.2, -0.15) is 0 Å². The molecule has 1 heterocycles. The fourth-order valence-corrected chi connectivity index (χ4v) is 3.23. The van der Waals surface area contributed by atoms with Crippen molar-refractivity contribution in [1.29, 1.82) is 0 Å². The highest BCUT2D eigenvalue weighted by molar-refractivity contribution is 9.11. The molecule has 0 spiro atoms. The molecule has 1 fully saturated rings. The SMILES string of the molecule is Brc1ccc(COc2ccc(CNC3CC3)cc2)s1. The third kappa shape index (κ3) is 4.06. The van der Waals surface area contributed by atoms with Crippen LogP contribution in [0.25, 0.3) is 0 Å². The van der Waals surface area contributed by atoms with E-state index >= 15 is 0 Å². The Balaban J connectivity index is 1.50. The van der Waals surface area contributed by atoms with E-state index in [9.17, 15) is 0 Å². The molecule has 0 radical (unpaired) electrons. The molecular weight excluding hydrogens is 322 g/mol. The van der Waals surface area contributed by atoms with Crippen LogP contribution in [0, 0.1) is 0 Å². The molecule has 1 aliphatic carbocycles. The lowest BCUT2D eigenvalue weighted by Gasteiger charge is -2.07. The molecule has 1 N–H and O–H groups in total. The second-order valence-corrected chi connectivity index (χ2v) is 7.34. The van der Waals surface area contributed by atoms with Gasteiger partial charge in [-0.05, 0) is 58.6 Å². The molecule has 2 aromatic rings. The first kappa shape index (κ1) is 13.2. The molecule has 0 aliphatic heterocycles. The Hall–Kier alpha value is -0.840. The first-order chi connectivity index (χ1) is 9.29. The first-order valence-electron chi connectivity index (χ1n) is 6.49. The average Bonchev–Trinajstić information content (AvgIpc) is 3.17. The summed E-state index contributed by atoms with van der Waals surface area (Å²) in [6, 6.07) is 13.3. The van der Waals surface area contributed by atoms with Crippen LogP contribution in [0.4, 0.5) is 0 Å². The van der Waals surface area contributed by atoms with Crippen molar-refractivity contribution in [2.75, 3.05) is 0 Å². The highest BCUT2D eigenvalue weighted by Crippen LogP contribution is 2.24. The van der Waals surface area contributed by atoms with Crippen LogP contribution in [0.5, 0.6) is 5.75 Å². The van der Waals surface area contributed by atoms with E-state index in [4.69, 9.17) is 4.74 Å². The van der Waals surface area contributed by atoms with Crippen molar-refractivity contribution in [3.63, 3.8) is 0 Å². The molecule has 1 saturated carbocycles. The van der Waals surface area contributed by atoms with Gasteiger partial charge in [0.1, 0.15) is 12.4 Å². The van der Waals surface area contributed by atoms with Gasteiger partial charge in [0.05, 0.1) is 3.79 Å². The van der Waals surface area contributed by atoms with Crippen LogP contribution in [0.15, 0.2) is 40.2 Å². The van der Waals surface area contributed by atoms with Gasteiger partial charge in [0.25, 0.3) is 0 Å². The lowest BCUT2D eigenvalue weighted by molar-refractivity contribution is 0.309. The second-order valence-electron chi connectivity index (χ2n) is 4.79. The third-order valence-electron chi connectivity index (χ3n) is 3.11. The van der Waals surface area contributed by atoms with Gasteiger partial charge in [-0.25, -0.2) is 0 Å². The third-order valence-corrected chi connectivity index (χ3v) is 4.70. The molecule has 19 heavy (non-hydrogen) atoms. The Kier molecular flexibility index (Phi) is 4.21. The van der Waals surface area contributed by atoms with Gasteiger partial charge in [-0.15, -0.1) is 11.3 Å². The van der Waals surface area contributed by atoms with Crippen LogP contribution in [0.1, 0.15) is 23.3 Å². The number of nitrogens with one attached hydrogen (secondary N) is 1. The summed E-state index contributed by atoms with van der Waals surface area (Å²) in [6.45, 7) is 1.60. The minimum atomic E-state index is 0.635. The zero-order valence-electron chi connectivity index (χ0n) is 10.6. The molecule has 1 aromatic carbocycles. The molecule has 1 aliphatic rings. The van der Waals surface area contributed by atoms with Crippen LogP contribution in [-0.2, 0) is 13.2 Å². The lowest BCUT2D eigenvalue weighted by Crippen LogP contribution is -2.15. The molecule has 0 saturated heterocycles. The van der Waals surface area contributed by atoms with Crippen molar-refractivity contribution in [3.8, 4) is 5.75 Å². The Labute approximate surface area is 125 Å². The Morgan fingerprint density at radius 1 is 1.16 bits per heavy atom. The topological polar surface area (TPSA) is 21.3 Å². The zero-order valence-corrected chi connectivity index (χ0v) is 13.0. The predicted octanol–water partition coefficient (Wildman–Crippen LogP) is 4.34. The van der Waals surface area contributed by atoms with Crippen molar-refractivity contribution >= 4 is 27.3 Å². The van der Waals surface area contributed by atoms with E-state index < -0.39 is 0 Å². The molecule has 1 aromatic heterocycles. The summed E-state index contributed by atoms with van der Waals surface area (Å²) in [6.07, 6.45) is 2.66. The minimum Gasteiger partial charge on any atom is -0.488 e. The van der Waals surface area contributed by atoms with Crippen molar-refractivity contribution < 1.29 is 4.74 Å². The number of hydrogen-bond acceptors (Lipinski definition) is 3.